The summed E-state index contributed by atoms with van der Waals surface area (Å²) < 4.78 is 15.7. The van der Waals surface area contributed by atoms with Gasteiger partial charge in [0, 0.05) is 11.3 Å². The van der Waals surface area contributed by atoms with Crippen LogP contribution in [0.15, 0.2) is 96.8 Å². The molecule has 0 aliphatic carbocycles. The smallest absolute Gasteiger partial charge is 0.162 e. The number of aliphatic hydroxyl groups excluding tert-OH is 1. The molecule has 0 amide bonds. The van der Waals surface area contributed by atoms with Gasteiger partial charge in [-0.05, 0) is 66.8 Å². The van der Waals surface area contributed by atoms with Gasteiger partial charge in [0.15, 0.2) is 12.3 Å². The molecule has 0 spiro atoms. The molecular formula is C27H30FN3OS. The summed E-state index contributed by atoms with van der Waals surface area (Å²) in [6.45, 7) is 13.8. The quantitative estimate of drug-likeness (QED) is 0.159. The lowest BCUT2D eigenvalue weighted by Crippen LogP contribution is -2.13. The van der Waals surface area contributed by atoms with Crippen molar-refractivity contribution in [3.05, 3.63) is 113 Å². The Hall–Kier alpha value is -3.35. The predicted molar refractivity (Wildman–Crippen MR) is 142 cm³/mol. The molecule has 2 aromatic carbocycles. The van der Waals surface area contributed by atoms with E-state index in [-0.39, 0.29) is 24.7 Å². The van der Waals surface area contributed by atoms with Crippen LogP contribution in [0.2, 0.25) is 0 Å². The van der Waals surface area contributed by atoms with E-state index in [1.165, 1.54) is 0 Å². The molecule has 33 heavy (non-hydrogen) atoms. The fourth-order valence-electron chi connectivity index (χ4n) is 3.41. The van der Waals surface area contributed by atoms with E-state index in [4.69, 9.17) is 10.5 Å². The van der Waals surface area contributed by atoms with E-state index in [1.807, 2.05) is 69.3 Å². The van der Waals surface area contributed by atoms with E-state index < -0.39 is 0 Å². The normalized spacial score (nSPS) is 12.3. The second-order valence-corrected chi connectivity index (χ2v) is 7.66. The Morgan fingerprint density at radius 3 is 2.55 bits per heavy atom. The van der Waals surface area contributed by atoms with Gasteiger partial charge in [0.05, 0.1) is 23.7 Å². The van der Waals surface area contributed by atoms with Crippen LogP contribution in [0.4, 0.5) is 15.3 Å². The molecule has 0 aliphatic rings. The summed E-state index contributed by atoms with van der Waals surface area (Å²) in [5, 5.41) is 21.1. The maximum atomic E-state index is 13.1. The SMILES string of the molecule is C=C\C(=C(C)/C(=C\C)/C=C/CO)c1ccc(NSF)c(C(=N)C(=C)Nc2ccccc2C)c1. The van der Waals surface area contributed by atoms with Crippen LogP contribution in [0.1, 0.15) is 30.5 Å². The van der Waals surface area contributed by atoms with Gasteiger partial charge in [-0.3, -0.25) is 5.41 Å². The van der Waals surface area contributed by atoms with Crippen LogP contribution in [-0.2, 0) is 0 Å². The third-order valence-electron chi connectivity index (χ3n) is 5.24. The number of aliphatic hydroxyl groups is 1. The lowest BCUT2D eigenvalue weighted by Gasteiger charge is -2.18. The minimum Gasteiger partial charge on any atom is -0.392 e. The zero-order chi connectivity index (χ0) is 24.4. The maximum absolute atomic E-state index is 13.1. The molecule has 0 saturated heterocycles. The Labute approximate surface area is 200 Å². The van der Waals surface area contributed by atoms with Crippen LogP contribution < -0.4 is 10.0 Å². The van der Waals surface area contributed by atoms with Gasteiger partial charge in [0.25, 0.3) is 0 Å². The number of hydrogen-bond acceptors (Lipinski definition) is 5. The number of nitrogens with one attached hydrogen (secondary N) is 3. The highest BCUT2D eigenvalue weighted by Gasteiger charge is 2.15. The lowest BCUT2D eigenvalue weighted by atomic mass is 9.92. The van der Waals surface area contributed by atoms with E-state index in [2.05, 4.69) is 23.2 Å². The molecule has 6 heteroatoms. The number of halogens is 1. The van der Waals surface area contributed by atoms with Gasteiger partial charge in [0.1, 0.15) is 0 Å². The second-order valence-electron chi connectivity index (χ2n) is 7.30. The third-order valence-corrected chi connectivity index (χ3v) is 5.53. The standard InChI is InChI=1S/C27H30FN3OS/c1-6-21(12-10-16-32)19(4)23(7-2)22-14-15-26(31-33-28)24(17-22)27(29)20(5)30-25-13-9-8-11-18(25)3/h6-15,17,29-32H,2,5,16H2,1,3-4H3/b12-10+,21-6-,23-19+,29-27?. The molecule has 4 nitrogen and oxygen atoms in total. The molecule has 0 saturated carbocycles. The number of anilines is 2. The van der Waals surface area contributed by atoms with Crippen molar-refractivity contribution in [3.63, 3.8) is 0 Å². The van der Waals surface area contributed by atoms with Gasteiger partial charge in [-0.2, -0.15) is 0 Å². The number of hydrogen-bond donors (Lipinski definition) is 4. The van der Waals surface area contributed by atoms with E-state index in [9.17, 15) is 3.89 Å². The molecule has 0 fully saturated rings. The molecule has 4 N–H and O–H groups in total. The monoisotopic (exact) mass is 463 g/mol. The van der Waals surface area contributed by atoms with Crippen molar-refractivity contribution < 1.29 is 8.99 Å². The fraction of sp³-hybridized carbons (Fsp3) is 0.148. The second kappa shape index (κ2) is 12.6. The summed E-state index contributed by atoms with van der Waals surface area (Å²) in [6, 6.07) is 13.2. The van der Waals surface area contributed by atoms with Crippen LogP contribution in [0.3, 0.4) is 0 Å². The number of allylic oxidation sites excluding steroid dienone is 7. The van der Waals surface area contributed by atoms with Gasteiger partial charge in [-0.15, -0.1) is 3.89 Å². The first-order chi connectivity index (χ1) is 15.9. The highest BCUT2D eigenvalue weighted by Crippen LogP contribution is 2.31. The number of benzene rings is 2. The molecule has 0 heterocycles. The fourth-order valence-corrected chi connectivity index (χ4v) is 3.67. The first-order valence-electron chi connectivity index (χ1n) is 10.4. The minimum absolute atomic E-state index is 0.0225. The first-order valence-corrected chi connectivity index (χ1v) is 11.2. The molecule has 0 aromatic heterocycles. The summed E-state index contributed by atoms with van der Waals surface area (Å²) in [5.74, 6) is 0. The largest absolute Gasteiger partial charge is 0.392 e. The van der Waals surface area contributed by atoms with Crippen molar-refractivity contribution in [2.24, 2.45) is 0 Å². The van der Waals surface area contributed by atoms with Gasteiger partial charge in [-0.1, -0.05) is 61.7 Å². The number of rotatable bonds is 11. The van der Waals surface area contributed by atoms with Crippen LogP contribution in [-0.4, -0.2) is 17.4 Å². The average Bonchev–Trinajstić information content (AvgIpc) is 2.82. The van der Waals surface area contributed by atoms with Crippen molar-refractivity contribution in [2.45, 2.75) is 20.8 Å². The van der Waals surface area contributed by atoms with E-state index in [0.717, 1.165) is 33.5 Å². The summed E-state index contributed by atoms with van der Waals surface area (Å²) >= 11 is -0.0225. The van der Waals surface area contributed by atoms with Gasteiger partial charge >= 0.3 is 0 Å². The Morgan fingerprint density at radius 2 is 1.94 bits per heavy atom. The number of aryl methyl sites for hydroxylation is 1. The first kappa shape index (κ1) is 25.9. The van der Waals surface area contributed by atoms with Crippen molar-refractivity contribution in [1.29, 1.82) is 5.41 Å². The summed E-state index contributed by atoms with van der Waals surface area (Å²) in [6.07, 6.45) is 7.24. The Bertz CT molecular complexity index is 1130. The summed E-state index contributed by atoms with van der Waals surface area (Å²) in [5.41, 5.74) is 7.01. The number of para-hydroxylation sites is 1. The van der Waals surface area contributed by atoms with E-state index in [1.54, 1.807) is 18.2 Å². The molecule has 0 unspecified atom stereocenters. The van der Waals surface area contributed by atoms with E-state index >= 15 is 0 Å². The van der Waals surface area contributed by atoms with Crippen molar-refractivity contribution in [1.82, 2.24) is 0 Å². The van der Waals surface area contributed by atoms with Crippen molar-refractivity contribution >= 4 is 35.0 Å². The minimum atomic E-state index is -0.0490. The lowest BCUT2D eigenvalue weighted by molar-refractivity contribution is 0.342. The Morgan fingerprint density at radius 1 is 1.21 bits per heavy atom. The molecule has 0 aliphatic heterocycles. The van der Waals surface area contributed by atoms with Crippen LogP contribution in [0, 0.1) is 12.3 Å². The third kappa shape index (κ3) is 6.57. The van der Waals surface area contributed by atoms with Gasteiger partial charge < -0.3 is 15.1 Å². The molecule has 2 rings (SSSR count). The molecule has 0 atom stereocenters. The average molecular weight is 464 g/mol. The summed E-state index contributed by atoms with van der Waals surface area (Å²) in [7, 11) is 0. The molecular weight excluding hydrogens is 433 g/mol. The topological polar surface area (TPSA) is 68.1 Å². The highest BCUT2D eigenvalue weighted by molar-refractivity contribution is 7.95. The van der Waals surface area contributed by atoms with Gasteiger partial charge in [-0.25, -0.2) is 0 Å². The van der Waals surface area contributed by atoms with E-state index in [0.29, 0.717) is 16.9 Å². The van der Waals surface area contributed by atoms with Crippen molar-refractivity contribution in [2.75, 3.05) is 16.6 Å². The predicted octanol–water partition coefficient (Wildman–Crippen LogP) is 7.39. The Balaban J connectivity index is 2.52. The molecule has 0 radical (unpaired) electrons. The molecule has 172 valence electrons. The summed E-state index contributed by atoms with van der Waals surface area (Å²) in [4.78, 5) is 0. The van der Waals surface area contributed by atoms with Crippen molar-refractivity contribution in [3.8, 4) is 0 Å². The zero-order valence-electron chi connectivity index (χ0n) is 19.2. The maximum Gasteiger partial charge on any atom is 0.162 e. The Kier molecular flexibility index (Phi) is 9.91. The van der Waals surface area contributed by atoms with Crippen LogP contribution in [0.25, 0.3) is 5.57 Å². The highest BCUT2D eigenvalue weighted by atomic mass is 32.2. The molecule has 0 bridgehead atoms. The van der Waals surface area contributed by atoms with Crippen LogP contribution >= 0.6 is 12.3 Å². The zero-order valence-corrected chi connectivity index (χ0v) is 20.0. The van der Waals surface area contributed by atoms with Crippen LogP contribution in [0.5, 0.6) is 0 Å². The molecule has 2 aromatic rings. The van der Waals surface area contributed by atoms with Gasteiger partial charge in [0.2, 0.25) is 0 Å².